The minimum absolute atomic E-state index is 0.238. The molecular weight excluding hydrogens is 152 g/mol. The first-order valence-electron chi connectivity index (χ1n) is 2.91. The molecule has 0 saturated carbocycles. The number of carbonyl (C=O) groups is 1. The first-order chi connectivity index (χ1) is 4.95. The van der Waals surface area contributed by atoms with Crippen molar-refractivity contribution in [3.63, 3.8) is 0 Å². The third-order valence-corrected chi connectivity index (χ3v) is 0.988. The summed E-state index contributed by atoms with van der Waals surface area (Å²) >= 11 is 0. The number of rotatable bonds is 3. The summed E-state index contributed by atoms with van der Waals surface area (Å²) in [5.74, 6) is -1.77. The predicted octanol–water partition coefficient (Wildman–Crippen LogP) is -0.745. The maximum absolute atomic E-state index is 10.0. The van der Waals surface area contributed by atoms with E-state index in [-0.39, 0.29) is 5.76 Å². The van der Waals surface area contributed by atoms with Crippen LogP contribution in [0, 0.1) is 0 Å². The van der Waals surface area contributed by atoms with Gasteiger partial charge >= 0.3 is 5.97 Å². The Morgan fingerprint density at radius 1 is 1.36 bits per heavy atom. The van der Waals surface area contributed by atoms with Crippen LogP contribution in [-0.2, 0) is 4.79 Å². The summed E-state index contributed by atoms with van der Waals surface area (Å²) in [5.41, 5.74) is 0. The van der Waals surface area contributed by atoms with E-state index in [1.165, 1.54) is 6.92 Å². The van der Waals surface area contributed by atoms with Crippen molar-refractivity contribution in [3.05, 3.63) is 11.8 Å². The Hall–Kier alpha value is -1.07. The van der Waals surface area contributed by atoms with Gasteiger partial charge in [-0.1, -0.05) is 0 Å². The van der Waals surface area contributed by atoms with Gasteiger partial charge in [0, 0.05) is 0 Å². The van der Waals surface area contributed by atoms with E-state index >= 15 is 0 Å². The normalized spacial score (nSPS) is 17.5. The molecule has 0 heterocycles. The standard InChI is InChI=1S/C6H10O5/c1-3(7)2-4(8)5(9)6(10)11/h2,4-5,7-9H,1H3,(H,10,11). The number of allylic oxidation sites excluding steroid dienone is 1. The topological polar surface area (TPSA) is 98.0 Å². The third kappa shape index (κ3) is 3.59. The highest BCUT2D eigenvalue weighted by molar-refractivity contribution is 5.73. The highest BCUT2D eigenvalue weighted by atomic mass is 16.4. The van der Waals surface area contributed by atoms with Crippen molar-refractivity contribution < 1.29 is 25.2 Å². The van der Waals surface area contributed by atoms with Crippen LogP contribution in [0.1, 0.15) is 6.92 Å². The summed E-state index contributed by atoms with van der Waals surface area (Å²) in [6.45, 7) is 1.26. The number of carboxylic acid groups (broad SMARTS) is 1. The Morgan fingerprint density at radius 2 is 1.82 bits per heavy atom. The van der Waals surface area contributed by atoms with Crippen LogP contribution >= 0.6 is 0 Å². The summed E-state index contributed by atoms with van der Waals surface area (Å²) in [7, 11) is 0. The monoisotopic (exact) mass is 162 g/mol. The summed E-state index contributed by atoms with van der Waals surface area (Å²) in [5, 5.41) is 34.1. The van der Waals surface area contributed by atoms with E-state index in [1.807, 2.05) is 0 Å². The van der Waals surface area contributed by atoms with Crippen LogP contribution < -0.4 is 0 Å². The number of aliphatic hydroxyl groups is 3. The zero-order valence-electron chi connectivity index (χ0n) is 5.93. The Morgan fingerprint density at radius 3 is 2.09 bits per heavy atom. The van der Waals surface area contributed by atoms with Gasteiger partial charge in [-0.05, 0) is 13.0 Å². The zero-order chi connectivity index (χ0) is 9.02. The second-order valence-corrected chi connectivity index (χ2v) is 2.08. The molecule has 0 aliphatic heterocycles. The summed E-state index contributed by atoms with van der Waals surface area (Å²) < 4.78 is 0. The number of hydrogen-bond acceptors (Lipinski definition) is 4. The van der Waals surface area contributed by atoms with E-state index in [1.54, 1.807) is 0 Å². The van der Waals surface area contributed by atoms with E-state index in [9.17, 15) is 4.79 Å². The summed E-state index contributed by atoms with van der Waals surface area (Å²) in [6.07, 6.45) is -2.62. The van der Waals surface area contributed by atoms with Crippen LogP contribution in [-0.4, -0.2) is 38.6 Å². The second-order valence-electron chi connectivity index (χ2n) is 2.08. The van der Waals surface area contributed by atoms with Crippen molar-refractivity contribution in [2.45, 2.75) is 19.1 Å². The van der Waals surface area contributed by atoms with Gasteiger partial charge in [-0.15, -0.1) is 0 Å². The molecule has 0 saturated heterocycles. The maximum atomic E-state index is 10.0. The minimum Gasteiger partial charge on any atom is -0.513 e. The Kier molecular flexibility index (Phi) is 3.56. The van der Waals surface area contributed by atoms with Gasteiger partial charge in [-0.25, -0.2) is 4.79 Å². The molecule has 2 atom stereocenters. The predicted molar refractivity (Wildman–Crippen MR) is 36.0 cm³/mol. The van der Waals surface area contributed by atoms with E-state index in [0.29, 0.717) is 0 Å². The van der Waals surface area contributed by atoms with E-state index in [2.05, 4.69) is 0 Å². The molecule has 0 spiro atoms. The molecule has 0 aromatic rings. The maximum Gasteiger partial charge on any atom is 0.335 e. The van der Waals surface area contributed by atoms with Gasteiger partial charge in [-0.2, -0.15) is 0 Å². The van der Waals surface area contributed by atoms with Crippen LogP contribution in [0.4, 0.5) is 0 Å². The van der Waals surface area contributed by atoms with Crippen molar-refractivity contribution in [2.75, 3.05) is 0 Å². The smallest absolute Gasteiger partial charge is 0.335 e. The van der Waals surface area contributed by atoms with Crippen LogP contribution in [0.15, 0.2) is 11.8 Å². The van der Waals surface area contributed by atoms with Crippen molar-refractivity contribution >= 4 is 5.97 Å². The molecule has 5 heteroatoms. The number of aliphatic carboxylic acids is 1. The molecule has 0 aliphatic rings. The van der Waals surface area contributed by atoms with Crippen LogP contribution in [0.25, 0.3) is 0 Å². The molecule has 0 aromatic heterocycles. The summed E-state index contributed by atoms with van der Waals surface area (Å²) in [6, 6.07) is 0. The quantitative estimate of drug-likeness (QED) is 0.409. The third-order valence-electron chi connectivity index (χ3n) is 0.988. The lowest BCUT2D eigenvalue weighted by atomic mass is 10.2. The fourth-order valence-electron chi connectivity index (χ4n) is 0.484. The molecule has 0 aromatic carbocycles. The molecule has 0 aliphatic carbocycles. The van der Waals surface area contributed by atoms with Crippen molar-refractivity contribution in [3.8, 4) is 0 Å². The Bertz CT molecular complexity index is 170. The zero-order valence-corrected chi connectivity index (χ0v) is 5.93. The minimum atomic E-state index is -1.89. The van der Waals surface area contributed by atoms with E-state index in [4.69, 9.17) is 20.4 Å². The van der Waals surface area contributed by atoms with E-state index in [0.717, 1.165) is 6.08 Å². The molecule has 0 rings (SSSR count). The van der Waals surface area contributed by atoms with E-state index < -0.39 is 18.2 Å². The molecule has 11 heavy (non-hydrogen) atoms. The average molecular weight is 162 g/mol. The van der Waals surface area contributed by atoms with Gasteiger partial charge in [0.15, 0.2) is 6.10 Å². The fourth-order valence-corrected chi connectivity index (χ4v) is 0.484. The van der Waals surface area contributed by atoms with Crippen LogP contribution in [0.2, 0.25) is 0 Å². The van der Waals surface area contributed by atoms with Gasteiger partial charge in [0.2, 0.25) is 0 Å². The van der Waals surface area contributed by atoms with Crippen molar-refractivity contribution in [1.82, 2.24) is 0 Å². The Labute approximate surface area is 63.2 Å². The molecule has 0 bridgehead atoms. The molecule has 0 amide bonds. The van der Waals surface area contributed by atoms with Gasteiger partial charge in [0.1, 0.15) is 6.10 Å². The van der Waals surface area contributed by atoms with Crippen LogP contribution in [0.3, 0.4) is 0 Å². The number of aliphatic hydroxyl groups excluding tert-OH is 3. The molecule has 5 nitrogen and oxygen atoms in total. The molecule has 0 fully saturated rings. The SMILES string of the molecule is CC(O)=CC(O)C(O)C(=O)O. The van der Waals surface area contributed by atoms with Gasteiger partial charge < -0.3 is 20.4 Å². The summed E-state index contributed by atoms with van der Waals surface area (Å²) in [4.78, 5) is 10.0. The Balaban J connectivity index is 4.14. The lowest BCUT2D eigenvalue weighted by Gasteiger charge is -2.08. The van der Waals surface area contributed by atoms with Crippen LogP contribution in [0.5, 0.6) is 0 Å². The lowest BCUT2D eigenvalue weighted by molar-refractivity contribution is -0.150. The number of hydrogen-bond donors (Lipinski definition) is 4. The van der Waals surface area contributed by atoms with Gasteiger partial charge in [0.05, 0.1) is 5.76 Å². The first-order valence-corrected chi connectivity index (χ1v) is 2.91. The first kappa shape index (κ1) is 9.93. The molecule has 4 N–H and O–H groups in total. The molecule has 0 radical (unpaired) electrons. The van der Waals surface area contributed by atoms with Crippen molar-refractivity contribution in [2.24, 2.45) is 0 Å². The molecular formula is C6H10O5. The highest BCUT2D eigenvalue weighted by Crippen LogP contribution is 1.98. The lowest BCUT2D eigenvalue weighted by Crippen LogP contribution is -2.32. The second kappa shape index (κ2) is 3.95. The van der Waals surface area contributed by atoms with Crippen molar-refractivity contribution in [1.29, 1.82) is 0 Å². The largest absolute Gasteiger partial charge is 0.513 e. The number of carboxylic acids is 1. The molecule has 2 unspecified atom stereocenters. The van der Waals surface area contributed by atoms with Gasteiger partial charge in [0.25, 0.3) is 0 Å². The average Bonchev–Trinajstić information content (AvgIpc) is 1.84. The molecule has 64 valence electrons. The fraction of sp³-hybridized carbons (Fsp3) is 0.500. The highest BCUT2D eigenvalue weighted by Gasteiger charge is 2.21. The van der Waals surface area contributed by atoms with Gasteiger partial charge in [-0.3, -0.25) is 0 Å².